The van der Waals surface area contributed by atoms with Crippen LogP contribution in [0.5, 0.6) is 5.75 Å². The van der Waals surface area contributed by atoms with Crippen molar-refractivity contribution in [2.75, 3.05) is 10.8 Å². The molecule has 188 valence electrons. The van der Waals surface area contributed by atoms with Crippen LogP contribution in [-0.4, -0.2) is 26.0 Å². The van der Waals surface area contributed by atoms with Crippen molar-refractivity contribution in [3.8, 4) is 5.75 Å². The molecule has 36 heavy (non-hydrogen) atoms. The SMILES string of the molecule is C=CCN(c1ccc(C(F)(F)F)cc1OCc1ccc(/C=C/C(=O)O)cc1)S(=O)(=O)c1ccccc1. The summed E-state index contributed by atoms with van der Waals surface area (Å²) in [4.78, 5) is 10.6. The van der Waals surface area contributed by atoms with E-state index >= 15 is 0 Å². The van der Waals surface area contributed by atoms with E-state index in [-0.39, 0.29) is 29.5 Å². The maximum atomic E-state index is 13.4. The van der Waals surface area contributed by atoms with Gasteiger partial charge in [-0.15, -0.1) is 6.58 Å². The number of anilines is 1. The molecule has 0 aliphatic rings. The number of carbonyl (C=O) groups is 1. The van der Waals surface area contributed by atoms with Crippen molar-refractivity contribution < 1.29 is 36.2 Å². The largest absolute Gasteiger partial charge is 0.487 e. The van der Waals surface area contributed by atoms with Crippen LogP contribution in [0.2, 0.25) is 0 Å². The van der Waals surface area contributed by atoms with Crippen LogP contribution in [0, 0.1) is 0 Å². The lowest BCUT2D eigenvalue weighted by Gasteiger charge is -2.26. The number of sulfonamides is 1. The minimum atomic E-state index is -4.67. The molecule has 3 aromatic carbocycles. The molecular formula is C26H22F3NO5S. The molecule has 0 aliphatic carbocycles. The summed E-state index contributed by atoms with van der Waals surface area (Å²) in [6, 6.07) is 16.6. The zero-order valence-electron chi connectivity index (χ0n) is 18.9. The minimum Gasteiger partial charge on any atom is -0.487 e. The molecule has 0 heterocycles. The predicted molar refractivity (Wildman–Crippen MR) is 130 cm³/mol. The lowest BCUT2D eigenvalue weighted by Crippen LogP contribution is -2.31. The quantitative estimate of drug-likeness (QED) is 0.273. The molecule has 0 bridgehead atoms. The van der Waals surface area contributed by atoms with Crippen molar-refractivity contribution >= 4 is 27.8 Å². The summed E-state index contributed by atoms with van der Waals surface area (Å²) >= 11 is 0. The van der Waals surface area contributed by atoms with Crippen LogP contribution in [0.4, 0.5) is 18.9 Å². The van der Waals surface area contributed by atoms with Gasteiger partial charge in [0.25, 0.3) is 10.0 Å². The van der Waals surface area contributed by atoms with Gasteiger partial charge in [-0.1, -0.05) is 48.5 Å². The molecule has 0 fully saturated rings. The molecule has 0 aromatic heterocycles. The average Bonchev–Trinajstić information content (AvgIpc) is 2.85. The van der Waals surface area contributed by atoms with Gasteiger partial charge in [-0.05, 0) is 47.5 Å². The molecule has 10 heteroatoms. The van der Waals surface area contributed by atoms with Gasteiger partial charge in [0.2, 0.25) is 0 Å². The first-order valence-electron chi connectivity index (χ1n) is 10.5. The average molecular weight is 518 g/mol. The number of nitrogens with zero attached hydrogens (tertiary/aromatic N) is 1. The van der Waals surface area contributed by atoms with Crippen LogP contribution in [0.1, 0.15) is 16.7 Å². The molecule has 0 spiro atoms. The van der Waals surface area contributed by atoms with Crippen molar-refractivity contribution in [1.29, 1.82) is 0 Å². The van der Waals surface area contributed by atoms with Gasteiger partial charge in [-0.25, -0.2) is 13.2 Å². The third-order valence-electron chi connectivity index (χ3n) is 4.97. The summed E-state index contributed by atoms with van der Waals surface area (Å²) < 4.78 is 73.6. The highest BCUT2D eigenvalue weighted by molar-refractivity contribution is 7.92. The van der Waals surface area contributed by atoms with Gasteiger partial charge in [-0.2, -0.15) is 13.2 Å². The number of carboxylic acids is 1. The van der Waals surface area contributed by atoms with Crippen molar-refractivity contribution in [3.05, 3.63) is 108 Å². The minimum absolute atomic E-state index is 0.0392. The summed E-state index contributed by atoms with van der Waals surface area (Å²) in [5.41, 5.74) is 0.109. The summed E-state index contributed by atoms with van der Waals surface area (Å²) in [5.74, 6) is -1.38. The Hall–Kier alpha value is -4.05. The van der Waals surface area contributed by atoms with Gasteiger partial charge in [-0.3, -0.25) is 4.31 Å². The number of benzene rings is 3. The number of hydrogen-bond donors (Lipinski definition) is 1. The summed E-state index contributed by atoms with van der Waals surface area (Å²) in [6.45, 7) is 3.21. The van der Waals surface area contributed by atoms with Crippen LogP contribution in [0.25, 0.3) is 6.08 Å². The first kappa shape index (κ1) is 26.6. The van der Waals surface area contributed by atoms with E-state index in [1.165, 1.54) is 24.3 Å². The second-order valence-corrected chi connectivity index (χ2v) is 9.38. The van der Waals surface area contributed by atoms with Crippen molar-refractivity contribution in [2.45, 2.75) is 17.7 Å². The molecular weight excluding hydrogens is 495 g/mol. The van der Waals surface area contributed by atoms with Crippen LogP contribution < -0.4 is 9.04 Å². The van der Waals surface area contributed by atoms with Crippen LogP contribution in [0.15, 0.2) is 96.4 Å². The Kier molecular flexibility index (Phi) is 8.21. The number of aliphatic carboxylic acids is 1. The van der Waals surface area contributed by atoms with Gasteiger partial charge in [0.15, 0.2) is 0 Å². The van der Waals surface area contributed by atoms with Gasteiger partial charge in [0.1, 0.15) is 12.4 Å². The fourth-order valence-electron chi connectivity index (χ4n) is 3.23. The number of alkyl halides is 3. The third-order valence-corrected chi connectivity index (χ3v) is 6.77. The molecule has 0 atom stereocenters. The van der Waals surface area contributed by atoms with Crippen LogP contribution in [-0.2, 0) is 27.6 Å². The molecule has 0 unspecified atom stereocenters. The lowest BCUT2D eigenvalue weighted by atomic mass is 10.1. The predicted octanol–water partition coefficient (Wildman–Crippen LogP) is 5.76. The standard InChI is InChI=1S/C26H22F3NO5S/c1-2-16-30(36(33,34)22-6-4-3-5-7-22)23-14-13-21(26(27,28)29)17-24(23)35-18-20-10-8-19(9-11-20)12-15-25(31)32/h2-15,17H,1,16,18H2,(H,31,32)/b15-12+. The molecule has 3 rings (SSSR count). The smallest absolute Gasteiger partial charge is 0.416 e. The normalized spacial score (nSPS) is 11.9. The topological polar surface area (TPSA) is 83.9 Å². The van der Waals surface area contributed by atoms with E-state index in [0.717, 1.165) is 28.6 Å². The number of ether oxygens (including phenoxy) is 1. The van der Waals surface area contributed by atoms with E-state index in [4.69, 9.17) is 9.84 Å². The molecule has 0 amide bonds. The number of rotatable bonds is 10. The number of hydrogen-bond acceptors (Lipinski definition) is 4. The molecule has 0 saturated carbocycles. The fourth-order valence-corrected chi connectivity index (χ4v) is 4.70. The van der Waals surface area contributed by atoms with Crippen LogP contribution in [0.3, 0.4) is 0 Å². The zero-order valence-corrected chi connectivity index (χ0v) is 19.7. The molecule has 3 aromatic rings. The van der Waals surface area contributed by atoms with Gasteiger partial charge in [0, 0.05) is 6.08 Å². The van der Waals surface area contributed by atoms with E-state index in [1.807, 2.05) is 0 Å². The molecule has 0 aliphatic heterocycles. The summed E-state index contributed by atoms with van der Waals surface area (Å²) in [7, 11) is -4.14. The van der Waals surface area contributed by atoms with E-state index in [9.17, 15) is 26.4 Å². The second-order valence-electron chi connectivity index (χ2n) is 7.52. The monoisotopic (exact) mass is 517 g/mol. The lowest BCUT2D eigenvalue weighted by molar-refractivity contribution is -0.137. The van der Waals surface area contributed by atoms with Crippen molar-refractivity contribution in [3.63, 3.8) is 0 Å². The fraction of sp³-hybridized carbons (Fsp3) is 0.115. The Balaban J connectivity index is 1.99. The highest BCUT2D eigenvalue weighted by atomic mass is 32.2. The Bertz CT molecular complexity index is 1350. The van der Waals surface area contributed by atoms with Gasteiger partial charge < -0.3 is 9.84 Å². The van der Waals surface area contributed by atoms with E-state index in [1.54, 1.807) is 42.5 Å². The van der Waals surface area contributed by atoms with Crippen molar-refractivity contribution in [2.24, 2.45) is 0 Å². The highest BCUT2D eigenvalue weighted by Gasteiger charge is 2.33. The third kappa shape index (κ3) is 6.54. The molecule has 6 nitrogen and oxygen atoms in total. The summed E-state index contributed by atoms with van der Waals surface area (Å²) in [5, 5.41) is 8.72. The van der Waals surface area contributed by atoms with Crippen molar-refractivity contribution in [1.82, 2.24) is 0 Å². The van der Waals surface area contributed by atoms with E-state index < -0.39 is 27.7 Å². The maximum absolute atomic E-state index is 13.4. The van der Waals surface area contributed by atoms with Crippen LogP contribution >= 0.6 is 0 Å². The number of halogens is 3. The zero-order chi connectivity index (χ0) is 26.3. The van der Waals surface area contributed by atoms with Gasteiger partial charge >= 0.3 is 12.1 Å². The molecule has 0 saturated heterocycles. The molecule has 0 radical (unpaired) electrons. The maximum Gasteiger partial charge on any atom is 0.416 e. The van der Waals surface area contributed by atoms with E-state index in [0.29, 0.717) is 11.1 Å². The Morgan fingerprint density at radius 1 is 1.03 bits per heavy atom. The van der Waals surface area contributed by atoms with Gasteiger partial charge in [0.05, 0.1) is 22.7 Å². The first-order chi connectivity index (χ1) is 17.0. The molecule has 1 N–H and O–H groups in total. The highest BCUT2D eigenvalue weighted by Crippen LogP contribution is 2.39. The van der Waals surface area contributed by atoms with E-state index in [2.05, 4.69) is 6.58 Å². The second kappa shape index (κ2) is 11.1. The number of carboxylic acid groups (broad SMARTS) is 1. The Labute approximate surface area is 206 Å². The summed E-state index contributed by atoms with van der Waals surface area (Å²) in [6.07, 6.45) is -0.983. The first-order valence-corrected chi connectivity index (χ1v) is 12.0. The Morgan fingerprint density at radius 2 is 1.69 bits per heavy atom. The Morgan fingerprint density at radius 3 is 2.28 bits per heavy atom.